The average molecular weight is 236 g/mol. The van der Waals surface area contributed by atoms with Crippen LogP contribution in [0.4, 0.5) is 5.69 Å². The Hall–Kier alpha value is -1.10. The molecule has 1 aliphatic rings. The molecule has 1 unspecified atom stereocenters. The van der Waals surface area contributed by atoms with Gasteiger partial charge in [0.2, 0.25) is 0 Å². The van der Waals surface area contributed by atoms with E-state index in [0.717, 1.165) is 37.6 Å². The van der Waals surface area contributed by atoms with E-state index in [1.807, 2.05) is 12.1 Å². The van der Waals surface area contributed by atoms with Gasteiger partial charge in [0.15, 0.2) is 0 Å². The molecular formula is C13H20N2O2. The van der Waals surface area contributed by atoms with Crippen molar-refractivity contribution in [1.82, 2.24) is 0 Å². The van der Waals surface area contributed by atoms with Crippen molar-refractivity contribution in [1.29, 1.82) is 0 Å². The second-order valence-corrected chi connectivity index (χ2v) is 4.41. The van der Waals surface area contributed by atoms with Gasteiger partial charge in [0.1, 0.15) is 0 Å². The van der Waals surface area contributed by atoms with Crippen molar-refractivity contribution < 1.29 is 9.84 Å². The highest BCUT2D eigenvalue weighted by Gasteiger charge is 2.18. The monoisotopic (exact) mass is 236 g/mol. The van der Waals surface area contributed by atoms with E-state index in [9.17, 15) is 5.11 Å². The third kappa shape index (κ3) is 2.77. The first-order valence-electron chi connectivity index (χ1n) is 6.03. The Morgan fingerprint density at radius 2 is 2.12 bits per heavy atom. The van der Waals surface area contributed by atoms with Gasteiger partial charge < -0.3 is 20.5 Å². The van der Waals surface area contributed by atoms with Crippen LogP contribution < -0.4 is 10.6 Å². The molecule has 1 aliphatic heterocycles. The van der Waals surface area contributed by atoms with Gasteiger partial charge in [0, 0.05) is 30.9 Å². The molecule has 4 heteroatoms. The quantitative estimate of drug-likeness (QED) is 0.816. The van der Waals surface area contributed by atoms with E-state index in [4.69, 9.17) is 10.5 Å². The highest BCUT2D eigenvalue weighted by atomic mass is 16.5. The number of aliphatic hydroxyl groups excluding tert-OH is 1. The number of morpholine rings is 1. The number of rotatable bonds is 3. The van der Waals surface area contributed by atoms with E-state index < -0.39 is 6.10 Å². The summed E-state index contributed by atoms with van der Waals surface area (Å²) in [5.41, 5.74) is 8.75. The summed E-state index contributed by atoms with van der Waals surface area (Å²) >= 11 is 0. The molecule has 2 rings (SSSR count). The van der Waals surface area contributed by atoms with Crippen molar-refractivity contribution in [2.24, 2.45) is 5.73 Å². The summed E-state index contributed by atoms with van der Waals surface area (Å²) in [6, 6.07) is 6.09. The normalized spacial score (nSPS) is 18.2. The summed E-state index contributed by atoms with van der Waals surface area (Å²) in [6.45, 7) is 5.53. The van der Waals surface area contributed by atoms with Gasteiger partial charge in [-0.1, -0.05) is 12.1 Å². The maximum atomic E-state index is 9.95. The maximum Gasteiger partial charge on any atom is 0.0932 e. The molecule has 3 N–H and O–H groups in total. The number of hydrogen-bond acceptors (Lipinski definition) is 4. The number of aryl methyl sites for hydroxylation is 1. The number of ether oxygens (including phenoxy) is 1. The third-order valence-corrected chi connectivity index (χ3v) is 3.12. The lowest BCUT2D eigenvalue weighted by Gasteiger charge is -2.31. The third-order valence-electron chi connectivity index (χ3n) is 3.12. The molecule has 0 aromatic heterocycles. The van der Waals surface area contributed by atoms with Crippen molar-refractivity contribution >= 4 is 5.69 Å². The van der Waals surface area contributed by atoms with Crippen LogP contribution in [0.5, 0.6) is 0 Å². The van der Waals surface area contributed by atoms with Crippen LogP contribution >= 0.6 is 0 Å². The standard InChI is InChI=1S/C13H20N2O2/c1-10-2-3-11(13(16)9-14)12(8-10)15-4-6-17-7-5-15/h2-3,8,13,16H,4-7,9,14H2,1H3. The van der Waals surface area contributed by atoms with Crippen LogP contribution in [0.15, 0.2) is 18.2 Å². The molecule has 0 radical (unpaired) electrons. The van der Waals surface area contributed by atoms with E-state index in [2.05, 4.69) is 17.9 Å². The molecule has 94 valence electrons. The van der Waals surface area contributed by atoms with Crippen LogP contribution in [0.1, 0.15) is 17.2 Å². The van der Waals surface area contributed by atoms with Crippen molar-refractivity contribution in [3.05, 3.63) is 29.3 Å². The van der Waals surface area contributed by atoms with Crippen LogP contribution in [0.25, 0.3) is 0 Å². The fourth-order valence-corrected chi connectivity index (χ4v) is 2.14. The van der Waals surface area contributed by atoms with Crippen LogP contribution in [0.2, 0.25) is 0 Å². The zero-order valence-electron chi connectivity index (χ0n) is 10.2. The Kier molecular flexibility index (Phi) is 3.99. The van der Waals surface area contributed by atoms with Gasteiger partial charge in [-0.05, 0) is 18.6 Å². The van der Waals surface area contributed by atoms with Crippen LogP contribution in [0, 0.1) is 6.92 Å². The highest BCUT2D eigenvalue weighted by Crippen LogP contribution is 2.28. The van der Waals surface area contributed by atoms with Crippen molar-refractivity contribution in [3.8, 4) is 0 Å². The van der Waals surface area contributed by atoms with E-state index in [1.165, 1.54) is 5.56 Å². The lowest BCUT2D eigenvalue weighted by molar-refractivity contribution is 0.122. The molecule has 1 fully saturated rings. The van der Waals surface area contributed by atoms with Gasteiger partial charge >= 0.3 is 0 Å². The van der Waals surface area contributed by atoms with E-state index in [1.54, 1.807) is 0 Å². The first-order valence-corrected chi connectivity index (χ1v) is 6.03. The zero-order chi connectivity index (χ0) is 12.3. The summed E-state index contributed by atoms with van der Waals surface area (Å²) in [4.78, 5) is 2.25. The van der Waals surface area contributed by atoms with Gasteiger partial charge in [-0.15, -0.1) is 0 Å². The van der Waals surface area contributed by atoms with Crippen LogP contribution in [-0.4, -0.2) is 38.0 Å². The van der Waals surface area contributed by atoms with Gasteiger partial charge in [0.25, 0.3) is 0 Å². The lowest BCUT2D eigenvalue weighted by Crippen LogP contribution is -2.37. The van der Waals surface area contributed by atoms with E-state index >= 15 is 0 Å². The predicted molar refractivity (Wildman–Crippen MR) is 68.2 cm³/mol. The molecule has 17 heavy (non-hydrogen) atoms. The predicted octanol–water partition coefficient (Wildman–Crippen LogP) is 0.824. The number of aliphatic hydroxyl groups is 1. The second kappa shape index (κ2) is 5.49. The summed E-state index contributed by atoms with van der Waals surface area (Å²) in [5, 5.41) is 9.95. The summed E-state index contributed by atoms with van der Waals surface area (Å²) in [6.07, 6.45) is -0.589. The molecule has 1 atom stereocenters. The lowest BCUT2D eigenvalue weighted by atomic mass is 10.0. The molecule has 0 amide bonds. The molecule has 1 saturated heterocycles. The molecule has 0 bridgehead atoms. The number of benzene rings is 1. The SMILES string of the molecule is Cc1ccc(C(O)CN)c(N2CCOCC2)c1. The summed E-state index contributed by atoms with van der Waals surface area (Å²) < 4.78 is 5.35. The maximum absolute atomic E-state index is 9.95. The largest absolute Gasteiger partial charge is 0.387 e. The van der Waals surface area contributed by atoms with Crippen LogP contribution in [-0.2, 0) is 4.74 Å². The second-order valence-electron chi connectivity index (χ2n) is 4.41. The Balaban J connectivity index is 2.31. The highest BCUT2D eigenvalue weighted by molar-refractivity contribution is 5.56. The summed E-state index contributed by atoms with van der Waals surface area (Å²) in [5.74, 6) is 0. The minimum atomic E-state index is -0.589. The Morgan fingerprint density at radius 3 is 2.76 bits per heavy atom. The van der Waals surface area contributed by atoms with Gasteiger partial charge in [-0.2, -0.15) is 0 Å². The number of hydrogen-bond donors (Lipinski definition) is 2. The van der Waals surface area contributed by atoms with Crippen molar-refractivity contribution in [2.75, 3.05) is 37.7 Å². The first kappa shape index (κ1) is 12.4. The number of nitrogens with zero attached hydrogens (tertiary/aromatic N) is 1. The molecule has 0 spiro atoms. The topological polar surface area (TPSA) is 58.7 Å². The van der Waals surface area contributed by atoms with Gasteiger partial charge in [0.05, 0.1) is 19.3 Å². The number of nitrogens with two attached hydrogens (primary N) is 1. The molecular weight excluding hydrogens is 216 g/mol. The molecule has 1 aromatic carbocycles. The first-order chi connectivity index (χ1) is 8.22. The Labute approximate surface area is 102 Å². The minimum absolute atomic E-state index is 0.250. The average Bonchev–Trinajstić information content (AvgIpc) is 2.39. The zero-order valence-corrected chi connectivity index (χ0v) is 10.2. The molecule has 4 nitrogen and oxygen atoms in total. The Bertz CT molecular complexity index is 376. The van der Waals surface area contributed by atoms with Crippen molar-refractivity contribution in [3.63, 3.8) is 0 Å². The molecule has 1 heterocycles. The molecule has 1 aromatic rings. The van der Waals surface area contributed by atoms with E-state index in [0.29, 0.717) is 0 Å². The fraction of sp³-hybridized carbons (Fsp3) is 0.538. The Morgan fingerprint density at radius 1 is 1.41 bits per heavy atom. The summed E-state index contributed by atoms with van der Waals surface area (Å²) in [7, 11) is 0. The van der Waals surface area contributed by atoms with Gasteiger partial charge in [-0.25, -0.2) is 0 Å². The van der Waals surface area contributed by atoms with Crippen LogP contribution in [0.3, 0.4) is 0 Å². The smallest absolute Gasteiger partial charge is 0.0932 e. The van der Waals surface area contributed by atoms with Gasteiger partial charge in [-0.3, -0.25) is 0 Å². The van der Waals surface area contributed by atoms with Crippen molar-refractivity contribution in [2.45, 2.75) is 13.0 Å². The minimum Gasteiger partial charge on any atom is -0.387 e. The number of anilines is 1. The molecule has 0 saturated carbocycles. The fourth-order valence-electron chi connectivity index (χ4n) is 2.14. The molecule has 0 aliphatic carbocycles. The van der Waals surface area contributed by atoms with E-state index in [-0.39, 0.29) is 6.54 Å².